The average Bonchev–Trinajstić information content (AvgIpc) is 3.33. The minimum absolute atomic E-state index is 0.392. The first-order valence-corrected chi connectivity index (χ1v) is 10.2. The number of hydrogen-bond acceptors (Lipinski definition) is 7. The Labute approximate surface area is 164 Å². The lowest BCUT2D eigenvalue weighted by atomic mass is 9.96. The SMILES string of the molecule is CN(C)c1ccc2nnc(C3CCN(Cc4nnc5n4CCCC5)CC3)n2n1. The van der Waals surface area contributed by atoms with E-state index in [4.69, 9.17) is 5.10 Å². The molecule has 0 saturated carbocycles. The normalized spacial score (nSPS) is 18.5. The van der Waals surface area contributed by atoms with Gasteiger partial charge in [0, 0.05) is 33.0 Å². The lowest BCUT2D eigenvalue weighted by molar-refractivity contribution is 0.193. The Morgan fingerprint density at radius 1 is 1.00 bits per heavy atom. The van der Waals surface area contributed by atoms with Crippen LogP contribution in [0.4, 0.5) is 5.82 Å². The van der Waals surface area contributed by atoms with Crippen LogP contribution >= 0.6 is 0 Å². The predicted molar refractivity (Wildman–Crippen MR) is 105 cm³/mol. The minimum Gasteiger partial charge on any atom is -0.361 e. The quantitative estimate of drug-likeness (QED) is 0.677. The number of nitrogens with zero attached hydrogens (tertiary/aromatic N) is 9. The molecular formula is C19H27N9. The number of aromatic nitrogens is 7. The van der Waals surface area contributed by atoms with Gasteiger partial charge < -0.3 is 9.47 Å². The summed E-state index contributed by atoms with van der Waals surface area (Å²) in [4.78, 5) is 4.50. The Morgan fingerprint density at radius 2 is 1.86 bits per heavy atom. The second-order valence-electron chi connectivity index (χ2n) is 8.11. The van der Waals surface area contributed by atoms with Crippen molar-refractivity contribution in [3.8, 4) is 0 Å². The van der Waals surface area contributed by atoms with E-state index in [1.807, 2.05) is 35.6 Å². The van der Waals surface area contributed by atoms with Crippen molar-refractivity contribution in [2.45, 2.75) is 51.1 Å². The lowest BCUT2D eigenvalue weighted by Crippen LogP contribution is -2.34. The van der Waals surface area contributed by atoms with Crippen LogP contribution in [0.25, 0.3) is 5.65 Å². The van der Waals surface area contributed by atoms with Gasteiger partial charge >= 0.3 is 0 Å². The van der Waals surface area contributed by atoms with Crippen LogP contribution in [0.15, 0.2) is 12.1 Å². The average molecular weight is 381 g/mol. The molecule has 2 aliphatic heterocycles. The summed E-state index contributed by atoms with van der Waals surface area (Å²) in [6.07, 6.45) is 5.67. The molecule has 2 aliphatic rings. The Bertz CT molecular complexity index is 965. The van der Waals surface area contributed by atoms with E-state index in [1.165, 1.54) is 12.8 Å². The van der Waals surface area contributed by atoms with Gasteiger partial charge in [0.05, 0.1) is 6.54 Å². The maximum Gasteiger partial charge on any atom is 0.178 e. The van der Waals surface area contributed by atoms with Gasteiger partial charge in [0.25, 0.3) is 0 Å². The summed E-state index contributed by atoms with van der Waals surface area (Å²) < 4.78 is 4.25. The highest BCUT2D eigenvalue weighted by Gasteiger charge is 2.27. The summed E-state index contributed by atoms with van der Waals surface area (Å²) in [7, 11) is 4.00. The summed E-state index contributed by atoms with van der Waals surface area (Å²) in [5.74, 6) is 4.58. The number of aryl methyl sites for hydroxylation is 1. The second kappa shape index (κ2) is 7.12. The molecule has 0 aromatic carbocycles. The number of hydrogen-bond donors (Lipinski definition) is 0. The lowest BCUT2D eigenvalue weighted by Gasteiger charge is -2.31. The Hall–Kier alpha value is -2.55. The van der Waals surface area contributed by atoms with Gasteiger partial charge in [-0.15, -0.1) is 25.5 Å². The zero-order chi connectivity index (χ0) is 19.1. The fourth-order valence-electron chi connectivity index (χ4n) is 4.32. The van der Waals surface area contributed by atoms with Crippen LogP contribution < -0.4 is 4.90 Å². The van der Waals surface area contributed by atoms with Gasteiger partial charge in [-0.05, 0) is 50.9 Å². The maximum atomic E-state index is 4.72. The number of likely N-dealkylation sites (tertiary alicyclic amines) is 1. The van der Waals surface area contributed by atoms with Gasteiger partial charge in [0.15, 0.2) is 11.5 Å². The predicted octanol–water partition coefficient (Wildman–Crippen LogP) is 1.50. The molecule has 1 fully saturated rings. The fraction of sp³-hybridized carbons (Fsp3) is 0.632. The number of fused-ring (bicyclic) bond motifs is 2. The van der Waals surface area contributed by atoms with E-state index in [0.717, 1.165) is 74.4 Å². The highest BCUT2D eigenvalue weighted by Crippen LogP contribution is 2.28. The molecule has 3 aromatic heterocycles. The van der Waals surface area contributed by atoms with E-state index in [1.54, 1.807) is 0 Å². The van der Waals surface area contributed by atoms with E-state index in [9.17, 15) is 0 Å². The molecule has 1 saturated heterocycles. The first kappa shape index (κ1) is 17.5. The van der Waals surface area contributed by atoms with Crippen molar-refractivity contribution < 1.29 is 0 Å². The molecule has 0 bridgehead atoms. The summed E-state index contributed by atoms with van der Waals surface area (Å²) >= 11 is 0. The van der Waals surface area contributed by atoms with Gasteiger partial charge in [0.2, 0.25) is 0 Å². The van der Waals surface area contributed by atoms with Crippen LogP contribution in [0.3, 0.4) is 0 Å². The molecule has 0 spiro atoms. The van der Waals surface area contributed by atoms with Crippen LogP contribution in [0.5, 0.6) is 0 Å². The largest absolute Gasteiger partial charge is 0.361 e. The van der Waals surface area contributed by atoms with Crippen molar-refractivity contribution in [3.63, 3.8) is 0 Å². The Balaban J connectivity index is 1.28. The van der Waals surface area contributed by atoms with Gasteiger partial charge in [-0.1, -0.05) is 0 Å². The topological polar surface area (TPSA) is 80.3 Å². The van der Waals surface area contributed by atoms with Gasteiger partial charge in [-0.25, -0.2) is 0 Å². The van der Waals surface area contributed by atoms with Crippen LogP contribution in [0.2, 0.25) is 0 Å². The number of rotatable bonds is 4. The van der Waals surface area contributed by atoms with Crippen molar-refractivity contribution in [1.82, 2.24) is 39.5 Å². The summed E-state index contributed by atoms with van der Waals surface area (Å²) in [6, 6.07) is 3.97. The fourth-order valence-corrected chi connectivity index (χ4v) is 4.32. The third kappa shape index (κ3) is 3.13. The van der Waals surface area contributed by atoms with Gasteiger partial charge in [0.1, 0.15) is 17.5 Å². The molecule has 0 amide bonds. The van der Waals surface area contributed by atoms with Crippen LogP contribution in [-0.4, -0.2) is 66.7 Å². The molecular weight excluding hydrogens is 354 g/mol. The van der Waals surface area contributed by atoms with Crippen molar-refractivity contribution in [2.75, 3.05) is 32.1 Å². The van der Waals surface area contributed by atoms with Gasteiger partial charge in [-0.3, -0.25) is 4.90 Å². The van der Waals surface area contributed by atoms with Crippen molar-refractivity contribution in [2.24, 2.45) is 0 Å². The molecule has 5 rings (SSSR count). The molecule has 0 aliphatic carbocycles. The van der Waals surface area contributed by atoms with Crippen molar-refractivity contribution in [1.29, 1.82) is 0 Å². The Morgan fingerprint density at radius 3 is 2.68 bits per heavy atom. The zero-order valence-corrected chi connectivity index (χ0v) is 16.6. The highest BCUT2D eigenvalue weighted by molar-refractivity contribution is 5.45. The van der Waals surface area contributed by atoms with E-state index < -0.39 is 0 Å². The third-order valence-electron chi connectivity index (χ3n) is 5.98. The van der Waals surface area contributed by atoms with E-state index >= 15 is 0 Å². The van der Waals surface area contributed by atoms with Crippen LogP contribution in [-0.2, 0) is 19.5 Å². The molecule has 9 nitrogen and oxygen atoms in total. The van der Waals surface area contributed by atoms with E-state index in [2.05, 4.69) is 29.9 Å². The second-order valence-corrected chi connectivity index (χ2v) is 8.11. The molecule has 28 heavy (non-hydrogen) atoms. The first-order valence-electron chi connectivity index (χ1n) is 10.2. The standard InChI is InChI=1S/C19H27N9/c1-25(2)17-7-6-16-21-23-19(28(16)24-17)14-8-11-26(12-9-14)13-18-22-20-15-5-3-4-10-27(15)18/h6-7,14H,3-5,8-13H2,1-2H3. The summed E-state index contributed by atoms with van der Waals surface area (Å²) in [5, 5.41) is 22.3. The summed E-state index contributed by atoms with van der Waals surface area (Å²) in [6.45, 7) is 4.04. The highest BCUT2D eigenvalue weighted by atomic mass is 15.4. The van der Waals surface area contributed by atoms with Crippen molar-refractivity contribution >= 4 is 11.5 Å². The molecule has 0 radical (unpaired) electrons. The number of anilines is 1. The molecule has 5 heterocycles. The Kier molecular flexibility index (Phi) is 4.46. The monoisotopic (exact) mass is 381 g/mol. The zero-order valence-electron chi connectivity index (χ0n) is 16.6. The smallest absolute Gasteiger partial charge is 0.178 e. The number of piperidine rings is 1. The first-order chi connectivity index (χ1) is 13.7. The molecule has 0 atom stereocenters. The van der Waals surface area contributed by atoms with E-state index in [0.29, 0.717) is 5.92 Å². The maximum absolute atomic E-state index is 4.72. The van der Waals surface area contributed by atoms with Crippen molar-refractivity contribution in [3.05, 3.63) is 29.6 Å². The van der Waals surface area contributed by atoms with Gasteiger partial charge in [-0.2, -0.15) is 4.52 Å². The van der Waals surface area contributed by atoms with Crippen LogP contribution in [0, 0.1) is 0 Å². The third-order valence-corrected chi connectivity index (χ3v) is 5.98. The molecule has 0 N–H and O–H groups in total. The molecule has 3 aromatic rings. The van der Waals surface area contributed by atoms with E-state index in [-0.39, 0.29) is 0 Å². The minimum atomic E-state index is 0.392. The molecule has 9 heteroatoms. The molecule has 148 valence electrons. The summed E-state index contributed by atoms with van der Waals surface area (Å²) in [5.41, 5.74) is 0.818. The van der Waals surface area contributed by atoms with Crippen LogP contribution in [0.1, 0.15) is 49.1 Å². The molecule has 0 unspecified atom stereocenters.